The Morgan fingerprint density at radius 1 is 1.39 bits per heavy atom. The van der Waals surface area contributed by atoms with Crippen LogP contribution in [0.15, 0.2) is 18.2 Å². The number of benzene rings is 1. The average molecular weight is 251 g/mol. The molecule has 1 heterocycles. The summed E-state index contributed by atoms with van der Waals surface area (Å²) >= 11 is 0. The quantitative estimate of drug-likeness (QED) is 0.893. The zero-order chi connectivity index (χ0) is 13.4. The second-order valence-electron chi connectivity index (χ2n) is 6.28. The van der Waals surface area contributed by atoms with Gasteiger partial charge in [-0.2, -0.15) is 0 Å². The average Bonchev–Trinajstić information content (AvgIpc) is 2.28. The number of rotatable bonds is 4. The Balaban J connectivity index is 2.29. The second-order valence-corrected chi connectivity index (χ2v) is 6.28. The fourth-order valence-electron chi connectivity index (χ4n) is 2.68. The van der Waals surface area contributed by atoms with Gasteiger partial charge < -0.3 is 10.5 Å². The van der Waals surface area contributed by atoms with Crippen molar-refractivity contribution in [1.82, 2.24) is 0 Å². The summed E-state index contributed by atoms with van der Waals surface area (Å²) in [5.74, 6) is -0.146. The van der Waals surface area contributed by atoms with Gasteiger partial charge in [-0.3, -0.25) is 0 Å². The molecule has 1 saturated heterocycles. The molecule has 0 aliphatic carbocycles. The Labute approximate surface area is 108 Å². The number of aryl methyl sites for hydroxylation is 1. The summed E-state index contributed by atoms with van der Waals surface area (Å²) in [7, 11) is 0. The normalized spacial score (nSPS) is 18.5. The molecule has 2 N–H and O–H groups in total. The Bertz CT molecular complexity index is 438. The summed E-state index contributed by atoms with van der Waals surface area (Å²) in [5.41, 5.74) is 7.79. The monoisotopic (exact) mass is 251 g/mol. The first-order valence-electron chi connectivity index (χ1n) is 6.43. The van der Waals surface area contributed by atoms with E-state index in [4.69, 9.17) is 10.5 Å². The minimum atomic E-state index is -0.146. The zero-order valence-corrected chi connectivity index (χ0v) is 11.4. The summed E-state index contributed by atoms with van der Waals surface area (Å²) in [6.45, 7) is 8.21. The summed E-state index contributed by atoms with van der Waals surface area (Å²) in [5, 5.41) is 0. The van der Waals surface area contributed by atoms with Crippen molar-refractivity contribution in [3.05, 3.63) is 35.1 Å². The van der Waals surface area contributed by atoms with Gasteiger partial charge in [0.25, 0.3) is 0 Å². The first-order valence-corrected chi connectivity index (χ1v) is 6.43. The van der Waals surface area contributed by atoms with Crippen molar-refractivity contribution < 1.29 is 9.13 Å². The molecule has 0 amide bonds. The Morgan fingerprint density at radius 2 is 2.06 bits per heavy atom. The van der Waals surface area contributed by atoms with E-state index in [1.54, 1.807) is 13.0 Å². The third-order valence-electron chi connectivity index (χ3n) is 3.90. The topological polar surface area (TPSA) is 35.2 Å². The molecule has 0 unspecified atom stereocenters. The van der Waals surface area contributed by atoms with E-state index in [0.717, 1.165) is 6.42 Å². The molecule has 2 nitrogen and oxygen atoms in total. The molecule has 3 heteroatoms. The highest BCUT2D eigenvalue weighted by Gasteiger charge is 2.44. The van der Waals surface area contributed by atoms with Crippen molar-refractivity contribution in [1.29, 1.82) is 0 Å². The number of nitrogens with two attached hydrogens (primary N) is 1. The third kappa shape index (κ3) is 2.43. The van der Waals surface area contributed by atoms with Gasteiger partial charge in [0.1, 0.15) is 5.82 Å². The van der Waals surface area contributed by atoms with Crippen molar-refractivity contribution in [2.75, 3.05) is 19.8 Å². The molecule has 0 bridgehead atoms. The maximum absolute atomic E-state index is 13.4. The highest BCUT2D eigenvalue weighted by molar-refractivity contribution is 5.33. The summed E-state index contributed by atoms with van der Waals surface area (Å²) in [6.07, 6.45) is 0.974. The van der Waals surface area contributed by atoms with Gasteiger partial charge in [-0.15, -0.1) is 0 Å². The van der Waals surface area contributed by atoms with Gasteiger partial charge >= 0.3 is 0 Å². The van der Waals surface area contributed by atoms with Gasteiger partial charge in [0.2, 0.25) is 0 Å². The van der Waals surface area contributed by atoms with E-state index in [2.05, 4.69) is 13.8 Å². The van der Waals surface area contributed by atoms with Crippen LogP contribution in [-0.2, 0) is 10.2 Å². The van der Waals surface area contributed by atoms with E-state index < -0.39 is 0 Å². The van der Waals surface area contributed by atoms with Gasteiger partial charge in [0.05, 0.1) is 13.2 Å². The van der Waals surface area contributed by atoms with Crippen LogP contribution in [0.4, 0.5) is 4.39 Å². The lowest BCUT2D eigenvalue weighted by molar-refractivity contribution is -0.0786. The molecule has 0 spiro atoms. The smallest absolute Gasteiger partial charge is 0.126 e. The molecular weight excluding hydrogens is 229 g/mol. The van der Waals surface area contributed by atoms with E-state index >= 15 is 0 Å². The molecule has 1 aliphatic heterocycles. The van der Waals surface area contributed by atoms with Crippen LogP contribution in [0.25, 0.3) is 0 Å². The standard InChI is InChI=1S/C15H22FNO/c1-11-6-12(4-5-13(11)16)15(9-18-10-15)7-14(2,3)8-17/h4-6H,7-10,17H2,1-3H3. The SMILES string of the molecule is Cc1cc(C2(CC(C)(C)CN)COC2)ccc1F. The lowest BCUT2D eigenvalue weighted by Crippen LogP contribution is -2.50. The summed E-state index contributed by atoms with van der Waals surface area (Å²) in [4.78, 5) is 0. The highest BCUT2D eigenvalue weighted by Crippen LogP contribution is 2.42. The molecule has 0 radical (unpaired) electrons. The molecular formula is C15H22FNO. The van der Waals surface area contributed by atoms with Crippen molar-refractivity contribution in [3.63, 3.8) is 0 Å². The van der Waals surface area contributed by atoms with E-state index in [0.29, 0.717) is 25.3 Å². The molecule has 100 valence electrons. The lowest BCUT2D eigenvalue weighted by atomic mass is 9.67. The van der Waals surface area contributed by atoms with E-state index in [1.807, 2.05) is 12.1 Å². The predicted molar refractivity (Wildman–Crippen MR) is 71.1 cm³/mol. The number of hydrogen-bond donors (Lipinski definition) is 1. The van der Waals surface area contributed by atoms with Crippen LogP contribution >= 0.6 is 0 Å². The molecule has 18 heavy (non-hydrogen) atoms. The van der Waals surface area contributed by atoms with E-state index in [-0.39, 0.29) is 16.6 Å². The van der Waals surface area contributed by atoms with E-state index in [9.17, 15) is 4.39 Å². The Hall–Kier alpha value is -0.930. The molecule has 0 aromatic heterocycles. The van der Waals surface area contributed by atoms with Crippen molar-refractivity contribution in [3.8, 4) is 0 Å². The van der Waals surface area contributed by atoms with Crippen LogP contribution in [-0.4, -0.2) is 19.8 Å². The maximum Gasteiger partial charge on any atom is 0.126 e. The lowest BCUT2D eigenvalue weighted by Gasteiger charge is -2.46. The van der Waals surface area contributed by atoms with E-state index in [1.165, 1.54) is 5.56 Å². The first-order chi connectivity index (χ1) is 8.38. The fraction of sp³-hybridized carbons (Fsp3) is 0.600. The van der Waals surface area contributed by atoms with Crippen molar-refractivity contribution in [2.45, 2.75) is 32.6 Å². The molecule has 1 aliphatic rings. The molecule has 0 saturated carbocycles. The minimum absolute atomic E-state index is 0.0152. The summed E-state index contributed by atoms with van der Waals surface area (Å²) < 4.78 is 18.8. The molecule has 1 fully saturated rings. The number of hydrogen-bond acceptors (Lipinski definition) is 2. The molecule has 0 atom stereocenters. The first kappa shape index (κ1) is 13.5. The minimum Gasteiger partial charge on any atom is -0.379 e. The van der Waals surface area contributed by atoms with Gasteiger partial charge in [-0.1, -0.05) is 26.0 Å². The van der Waals surface area contributed by atoms with Crippen LogP contribution in [0.1, 0.15) is 31.4 Å². The van der Waals surface area contributed by atoms with Gasteiger partial charge in [-0.25, -0.2) is 4.39 Å². The largest absolute Gasteiger partial charge is 0.379 e. The van der Waals surface area contributed by atoms with Gasteiger partial charge in [-0.05, 0) is 42.5 Å². The van der Waals surface area contributed by atoms with Crippen molar-refractivity contribution >= 4 is 0 Å². The Kier molecular flexibility index (Phi) is 3.47. The van der Waals surface area contributed by atoms with Gasteiger partial charge in [0.15, 0.2) is 0 Å². The second kappa shape index (κ2) is 4.63. The summed E-state index contributed by atoms with van der Waals surface area (Å²) in [6, 6.07) is 5.39. The maximum atomic E-state index is 13.4. The van der Waals surface area contributed by atoms with Crippen LogP contribution < -0.4 is 5.73 Å². The third-order valence-corrected chi connectivity index (χ3v) is 3.90. The molecule has 1 aromatic carbocycles. The van der Waals surface area contributed by atoms with Crippen LogP contribution in [0.2, 0.25) is 0 Å². The van der Waals surface area contributed by atoms with Crippen molar-refractivity contribution in [2.24, 2.45) is 11.1 Å². The highest BCUT2D eigenvalue weighted by atomic mass is 19.1. The van der Waals surface area contributed by atoms with Crippen LogP contribution in [0.3, 0.4) is 0 Å². The molecule has 2 rings (SSSR count). The number of ether oxygens (including phenoxy) is 1. The Morgan fingerprint density at radius 3 is 2.50 bits per heavy atom. The number of halogens is 1. The van der Waals surface area contributed by atoms with Crippen LogP contribution in [0, 0.1) is 18.2 Å². The van der Waals surface area contributed by atoms with Crippen LogP contribution in [0.5, 0.6) is 0 Å². The van der Waals surface area contributed by atoms with Gasteiger partial charge in [0, 0.05) is 5.41 Å². The molecule has 1 aromatic rings. The zero-order valence-electron chi connectivity index (χ0n) is 11.4. The fourth-order valence-corrected chi connectivity index (χ4v) is 2.68. The predicted octanol–water partition coefficient (Wildman–Crippen LogP) is 2.78.